The van der Waals surface area contributed by atoms with Gasteiger partial charge in [-0.25, -0.2) is 0 Å². The lowest BCUT2D eigenvalue weighted by atomic mass is 10.0. The van der Waals surface area contributed by atoms with Crippen molar-refractivity contribution >= 4 is 10.8 Å². The van der Waals surface area contributed by atoms with E-state index < -0.39 is 0 Å². The maximum atomic E-state index is 3.58. The van der Waals surface area contributed by atoms with Gasteiger partial charge in [0.25, 0.3) is 0 Å². The third-order valence-corrected chi connectivity index (χ3v) is 3.95. The van der Waals surface area contributed by atoms with Crippen LogP contribution in [-0.2, 0) is 6.54 Å². The molecule has 2 aromatic carbocycles. The molecule has 19 heavy (non-hydrogen) atoms. The monoisotopic (exact) mass is 251 g/mol. The lowest BCUT2D eigenvalue weighted by Gasteiger charge is -2.08. The second-order valence-corrected chi connectivity index (χ2v) is 5.32. The zero-order valence-corrected chi connectivity index (χ0v) is 11.4. The first-order valence-electron chi connectivity index (χ1n) is 7.29. The van der Waals surface area contributed by atoms with Gasteiger partial charge in [0, 0.05) is 6.54 Å². The summed E-state index contributed by atoms with van der Waals surface area (Å²) in [5.41, 5.74) is 3.05. The molecule has 0 spiro atoms. The maximum absolute atomic E-state index is 3.58. The number of fused-ring (bicyclic) bond motifs is 1. The van der Waals surface area contributed by atoms with Crippen molar-refractivity contribution in [3.63, 3.8) is 0 Å². The summed E-state index contributed by atoms with van der Waals surface area (Å²) in [6, 6.07) is 15.2. The van der Waals surface area contributed by atoms with Crippen LogP contribution < -0.4 is 5.32 Å². The van der Waals surface area contributed by atoms with E-state index in [4.69, 9.17) is 0 Å². The lowest BCUT2D eigenvalue weighted by Crippen LogP contribution is -2.15. The highest BCUT2D eigenvalue weighted by molar-refractivity contribution is 5.85. The van der Waals surface area contributed by atoms with E-state index in [-0.39, 0.29) is 0 Å². The van der Waals surface area contributed by atoms with Crippen molar-refractivity contribution < 1.29 is 0 Å². The van der Waals surface area contributed by atoms with Gasteiger partial charge >= 0.3 is 0 Å². The summed E-state index contributed by atoms with van der Waals surface area (Å²) < 4.78 is 0. The van der Waals surface area contributed by atoms with E-state index >= 15 is 0 Å². The molecule has 0 amide bonds. The summed E-state index contributed by atoms with van der Waals surface area (Å²) in [5, 5.41) is 6.29. The Hall–Kier alpha value is -1.60. The Labute approximate surface area is 115 Å². The zero-order chi connectivity index (χ0) is 12.9. The lowest BCUT2D eigenvalue weighted by molar-refractivity contribution is 0.678. The van der Waals surface area contributed by atoms with Crippen LogP contribution in [0, 0.1) is 0 Å². The fourth-order valence-electron chi connectivity index (χ4n) is 2.88. The molecule has 1 aliphatic carbocycles. The second-order valence-electron chi connectivity index (χ2n) is 5.32. The molecule has 0 aliphatic heterocycles. The van der Waals surface area contributed by atoms with Crippen molar-refractivity contribution in [1.29, 1.82) is 0 Å². The van der Waals surface area contributed by atoms with E-state index in [1.54, 1.807) is 5.57 Å². The van der Waals surface area contributed by atoms with Crippen LogP contribution in [0.25, 0.3) is 10.8 Å². The zero-order valence-electron chi connectivity index (χ0n) is 11.4. The second kappa shape index (κ2) is 6.03. The van der Waals surface area contributed by atoms with Crippen molar-refractivity contribution in [2.45, 2.75) is 32.2 Å². The minimum Gasteiger partial charge on any atom is -0.312 e. The van der Waals surface area contributed by atoms with Crippen LogP contribution in [0.1, 0.15) is 31.2 Å². The van der Waals surface area contributed by atoms with Crippen LogP contribution in [0.3, 0.4) is 0 Å². The average Bonchev–Trinajstić information content (AvgIpc) is 2.97. The summed E-state index contributed by atoms with van der Waals surface area (Å²) in [4.78, 5) is 0. The Balaban J connectivity index is 1.59. The van der Waals surface area contributed by atoms with E-state index in [1.165, 1.54) is 42.0 Å². The van der Waals surface area contributed by atoms with Gasteiger partial charge in [0.15, 0.2) is 0 Å². The Morgan fingerprint density at radius 2 is 1.89 bits per heavy atom. The van der Waals surface area contributed by atoms with Crippen molar-refractivity contribution in [3.05, 3.63) is 59.7 Å². The van der Waals surface area contributed by atoms with Gasteiger partial charge in [0.2, 0.25) is 0 Å². The minimum atomic E-state index is 0.967. The molecule has 0 atom stereocenters. The standard InChI is InChI=1S/C18H21N/c1-2-7-15(6-1)12-13-19-14-17-10-5-9-16-8-3-4-11-18(16)17/h3-6,8-11,19H,1-2,7,12-14H2. The van der Waals surface area contributed by atoms with Gasteiger partial charge in [0.05, 0.1) is 0 Å². The van der Waals surface area contributed by atoms with Crippen LogP contribution in [0.15, 0.2) is 54.1 Å². The molecular formula is C18H21N. The summed E-state index contributed by atoms with van der Waals surface area (Å²) in [5.74, 6) is 0. The third-order valence-electron chi connectivity index (χ3n) is 3.95. The predicted octanol–water partition coefficient (Wildman–Crippen LogP) is 4.43. The number of allylic oxidation sites excluding steroid dienone is 1. The fraction of sp³-hybridized carbons (Fsp3) is 0.333. The molecule has 98 valence electrons. The maximum Gasteiger partial charge on any atom is 0.0211 e. The topological polar surface area (TPSA) is 12.0 Å². The van der Waals surface area contributed by atoms with Crippen molar-refractivity contribution in [3.8, 4) is 0 Å². The van der Waals surface area contributed by atoms with Crippen molar-refractivity contribution in [2.24, 2.45) is 0 Å². The third kappa shape index (κ3) is 3.05. The Morgan fingerprint density at radius 3 is 2.79 bits per heavy atom. The van der Waals surface area contributed by atoms with Crippen LogP contribution in [-0.4, -0.2) is 6.54 Å². The number of rotatable bonds is 5. The minimum absolute atomic E-state index is 0.967. The average molecular weight is 251 g/mol. The fourth-order valence-corrected chi connectivity index (χ4v) is 2.88. The van der Waals surface area contributed by atoms with Gasteiger partial charge in [-0.05, 0) is 48.6 Å². The van der Waals surface area contributed by atoms with Crippen LogP contribution in [0.2, 0.25) is 0 Å². The molecule has 0 bridgehead atoms. The van der Waals surface area contributed by atoms with Gasteiger partial charge in [0.1, 0.15) is 0 Å². The van der Waals surface area contributed by atoms with Gasteiger partial charge in [-0.2, -0.15) is 0 Å². The number of nitrogens with one attached hydrogen (secondary N) is 1. The van der Waals surface area contributed by atoms with E-state index in [9.17, 15) is 0 Å². The summed E-state index contributed by atoms with van der Waals surface area (Å²) >= 11 is 0. The molecule has 1 aliphatic rings. The molecule has 2 aromatic rings. The molecule has 3 rings (SSSR count). The predicted molar refractivity (Wildman–Crippen MR) is 82.2 cm³/mol. The molecule has 0 heterocycles. The highest BCUT2D eigenvalue weighted by Crippen LogP contribution is 2.20. The number of benzene rings is 2. The van der Waals surface area contributed by atoms with Gasteiger partial charge in [-0.15, -0.1) is 0 Å². The molecule has 0 unspecified atom stereocenters. The van der Waals surface area contributed by atoms with Crippen molar-refractivity contribution in [1.82, 2.24) is 5.32 Å². The molecule has 1 heteroatoms. The largest absolute Gasteiger partial charge is 0.312 e. The molecular weight excluding hydrogens is 230 g/mol. The molecule has 1 N–H and O–H groups in total. The van der Waals surface area contributed by atoms with E-state index in [2.05, 4.69) is 53.9 Å². The van der Waals surface area contributed by atoms with Gasteiger partial charge in [-0.3, -0.25) is 0 Å². The first-order valence-corrected chi connectivity index (χ1v) is 7.29. The van der Waals surface area contributed by atoms with E-state index in [0.717, 1.165) is 13.1 Å². The van der Waals surface area contributed by atoms with E-state index in [0.29, 0.717) is 0 Å². The molecule has 1 nitrogen and oxygen atoms in total. The number of hydrogen-bond acceptors (Lipinski definition) is 1. The highest BCUT2D eigenvalue weighted by Gasteiger charge is 2.04. The van der Waals surface area contributed by atoms with Crippen molar-refractivity contribution in [2.75, 3.05) is 6.54 Å². The normalized spacial score (nSPS) is 14.8. The van der Waals surface area contributed by atoms with Crippen LogP contribution in [0.5, 0.6) is 0 Å². The van der Waals surface area contributed by atoms with Gasteiger partial charge in [-0.1, -0.05) is 54.1 Å². The quantitative estimate of drug-likeness (QED) is 0.612. The molecule has 0 aromatic heterocycles. The smallest absolute Gasteiger partial charge is 0.0211 e. The Bertz CT molecular complexity index is 578. The highest BCUT2D eigenvalue weighted by atomic mass is 14.8. The molecule has 0 saturated heterocycles. The SMILES string of the molecule is C1=C(CCNCc2cccc3ccccc23)CCC1. The molecule has 0 radical (unpaired) electrons. The molecule has 0 fully saturated rings. The van der Waals surface area contributed by atoms with E-state index in [1.807, 2.05) is 0 Å². The first-order chi connectivity index (χ1) is 9.43. The van der Waals surface area contributed by atoms with Gasteiger partial charge < -0.3 is 5.32 Å². The summed E-state index contributed by atoms with van der Waals surface area (Å²) in [6.07, 6.45) is 7.59. The Kier molecular flexibility index (Phi) is 3.95. The van der Waals surface area contributed by atoms with Crippen LogP contribution >= 0.6 is 0 Å². The first kappa shape index (κ1) is 12.4. The number of hydrogen-bond donors (Lipinski definition) is 1. The summed E-state index contributed by atoms with van der Waals surface area (Å²) in [7, 11) is 0. The summed E-state index contributed by atoms with van der Waals surface area (Å²) in [6.45, 7) is 2.06. The Morgan fingerprint density at radius 1 is 1.00 bits per heavy atom. The molecule has 0 saturated carbocycles. The van der Waals surface area contributed by atoms with Crippen LogP contribution in [0.4, 0.5) is 0 Å².